The average Bonchev–Trinajstić information content (AvgIpc) is 2.12. The number of rotatable bonds is 8. The molecule has 0 aromatic rings. The first kappa shape index (κ1) is 12.7. The highest BCUT2D eigenvalue weighted by atomic mass is 14.1. The zero-order valence-electron chi connectivity index (χ0n) is 9.73. The minimum absolute atomic E-state index is 0.902. The van der Waals surface area contributed by atoms with Gasteiger partial charge in [-0.25, -0.2) is 0 Å². The summed E-state index contributed by atoms with van der Waals surface area (Å²) in [4.78, 5) is 0. The molecule has 0 saturated carbocycles. The largest absolute Gasteiger partial charge is 0.0999 e. The second kappa shape index (κ2) is 8.34. The van der Waals surface area contributed by atoms with Gasteiger partial charge in [-0.05, 0) is 18.8 Å². The van der Waals surface area contributed by atoms with E-state index in [1.54, 1.807) is 0 Å². The van der Waals surface area contributed by atoms with Crippen LogP contribution >= 0.6 is 0 Å². The Morgan fingerprint density at radius 3 is 2.31 bits per heavy atom. The molecule has 0 fully saturated rings. The van der Waals surface area contributed by atoms with Crippen molar-refractivity contribution in [1.82, 2.24) is 0 Å². The lowest BCUT2D eigenvalue weighted by atomic mass is 9.91. The quantitative estimate of drug-likeness (QED) is 0.466. The summed E-state index contributed by atoms with van der Waals surface area (Å²) in [6.07, 6.45) is 9.18. The first-order chi connectivity index (χ1) is 6.24. The van der Waals surface area contributed by atoms with Gasteiger partial charge in [0, 0.05) is 0 Å². The molecule has 0 N–H and O–H groups in total. The van der Waals surface area contributed by atoms with E-state index in [4.69, 9.17) is 0 Å². The van der Waals surface area contributed by atoms with Gasteiger partial charge < -0.3 is 0 Å². The van der Waals surface area contributed by atoms with Gasteiger partial charge >= 0.3 is 0 Å². The summed E-state index contributed by atoms with van der Waals surface area (Å²) in [5.74, 6) is 0.902. The molecule has 0 saturated heterocycles. The molecule has 0 aliphatic rings. The molecule has 0 heteroatoms. The third kappa shape index (κ3) is 6.86. The Hall–Kier alpha value is -0.260. The molecular formula is C13H26. The number of unbranched alkanes of at least 4 members (excludes halogenated alkanes) is 1. The van der Waals surface area contributed by atoms with Crippen LogP contribution in [0.3, 0.4) is 0 Å². The maximum Gasteiger partial charge on any atom is -0.0295 e. The van der Waals surface area contributed by atoms with E-state index < -0.39 is 0 Å². The maximum atomic E-state index is 4.14. The van der Waals surface area contributed by atoms with Crippen molar-refractivity contribution in [2.24, 2.45) is 5.92 Å². The third-order valence-corrected chi connectivity index (χ3v) is 2.72. The Bertz CT molecular complexity index is 124. The zero-order chi connectivity index (χ0) is 10.1. The van der Waals surface area contributed by atoms with Crippen LogP contribution in [0.5, 0.6) is 0 Å². The van der Waals surface area contributed by atoms with Gasteiger partial charge in [-0.2, -0.15) is 0 Å². The third-order valence-electron chi connectivity index (χ3n) is 2.72. The fourth-order valence-corrected chi connectivity index (χ4v) is 1.81. The van der Waals surface area contributed by atoms with Crippen molar-refractivity contribution in [3.05, 3.63) is 12.2 Å². The fraction of sp³-hybridized carbons (Fsp3) is 0.846. The van der Waals surface area contributed by atoms with E-state index >= 15 is 0 Å². The average molecular weight is 182 g/mol. The minimum atomic E-state index is 0.902. The predicted octanol–water partition coefficient (Wildman–Crippen LogP) is 4.95. The number of hydrogen-bond donors (Lipinski definition) is 0. The number of hydrogen-bond acceptors (Lipinski definition) is 0. The normalized spacial score (nSPS) is 12.8. The molecule has 1 atom stereocenters. The van der Waals surface area contributed by atoms with Crippen molar-refractivity contribution in [2.75, 3.05) is 0 Å². The van der Waals surface area contributed by atoms with Crippen LogP contribution in [0, 0.1) is 5.92 Å². The fourth-order valence-electron chi connectivity index (χ4n) is 1.81. The molecule has 0 aromatic heterocycles. The highest BCUT2D eigenvalue weighted by Crippen LogP contribution is 2.22. The molecule has 0 rings (SSSR count). The lowest BCUT2D eigenvalue weighted by molar-refractivity contribution is 0.443. The van der Waals surface area contributed by atoms with E-state index in [1.165, 1.54) is 50.5 Å². The summed E-state index contributed by atoms with van der Waals surface area (Å²) >= 11 is 0. The van der Waals surface area contributed by atoms with Crippen LogP contribution in [0.25, 0.3) is 0 Å². The molecule has 0 radical (unpaired) electrons. The molecule has 0 amide bonds. The van der Waals surface area contributed by atoms with E-state index in [-0.39, 0.29) is 0 Å². The van der Waals surface area contributed by atoms with Crippen LogP contribution in [-0.2, 0) is 0 Å². The van der Waals surface area contributed by atoms with Crippen LogP contribution in [0.2, 0.25) is 0 Å². The summed E-state index contributed by atoms with van der Waals surface area (Å²) in [6, 6.07) is 0. The van der Waals surface area contributed by atoms with Crippen molar-refractivity contribution in [1.29, 1.82) is 0 Å². The molecule has 0 aliphatic carbocycles. The first-order valence-electron chi connectivity index (χ1n) is 5.91. The second-order valence-electron chi connectivity index (χ2n) is 4.12. The van der Waals surface area contributed by atoms with Gasteiger partial charge in [-0.1, -0.05) is 65.0 Å². The first-order valence-corrected chi connectivity index (χ1v) is 5.91. The van der Waals surface area contributed by atoms with Crippen molar-refractivity contribution in [2.45, 2.75) is 65.7 Å². The van der Waals surface area contributed by atoms with Crippen molar-refractivity contribution in [3.8, 4) is 0 Å². The van der Waals surface area contributed by atoms with E-state index in [2.05, 4.69) is 27.4 Å². The summed E-state index contributed by atoms with van der Waals surface area (Å²) < 4.78 is 0. The summed E-state index contributed by atoms with van der Waals surface area (Å²) in [7, 11) is 0. The van der Waals surface area contributed by atoms with Crippen molar-refractivity contribution in [3.63, 3.8) is 0 Å². The van der Waals surface area contributed by atoms with E-state index in [0.29, 0.717) is 0 Å². The summed E-state index contributed by atoms with van der Waals surface area (Å²) in [5.41, 5.74) is 1.46. The van der Waals surface area contributed by atoms with Gasteiger partial charge in [-0.15, -0.1) is 0 Å². The summed E-state index contributed by atoms with van der Waals surface area (Å²) in [5, 5.41) is 0. The minimum Gasteiger partial charge on any atom is -0.0999 e. The van der Waals surface area contributed by atoms with Crippen molar-refractivity contribution >= 4 is 0 Å². The molecule has 0 bridgehead atoms. The second-order valence-corrected chi connectivity index (χ2v) is 4.12. The Morgan fingerprint density at radius 1 is 1.15 bits per heavy atom. The van der Waals surface area contributed by atoms with E-state index in [0.717, 1.165) is 5.92 Å². The van der Waals surface area contributed by atoms with Gasteiger partial charge in [0.05, 0.1) is 0 Å². The molecule has 0 aliphatic heterocycles. The standard InChI is InChI=1S/C13H26/c1-5-8-10-13(7-3)11-12(4)9-6-2/h13H,4-11H2,1-3H3/t13-/m0/s1. The molecule has 0 unspecified atom stereocenters. The molecule has 0 heterocycles. The summed E-state index contributed by atoms with van der Waals surface area (Å²) in [6.45, 7) is 11.0. The highest BCUT2D eigenvalue weighted by Gasteiger charge is 2.06. The molecule has 0 aromatic carbocycles. The SMILES string of the molecule is C=C(CCC)C[C@@H](CC)CCCC. The van der Waals surface area contributed by atoms with Crippen LogP contribution < -0.4 is 0 Å². The Balaban J connectivity index is 3.62. The zero-order valence-corrected chi connectivity index (χ0v) is 9.73. The van der Waals surface area contributed by atoms with Gasteiger partial charge in [-0.3, -0.25) is 0 Å². The van der Waals surface area contributed by atoms with E-state index in [1.807, 2.05) is 0 Å². The van der Waals surface area contributed by atoms with E-state index in [9.17, 15) is 0 Å². The molecule has 0 nitrogen and oxygen atoms in total. The van der Waals surface area contributed by atoms with Gasteiger partial charge in [0.1, 0.15) is 0 Å². The van der Waals surface area contributed by atoms with Crippen LogP contribution in [0.4, 0.5) is 0 Å². The van der Waals surface area contributed by atoms with Crippen molar-refractivity contribution < 1.29 is 0 Å². The lowest BCUT2D eigenvalue weighted by Crippen LogP contribution is -2.00. The highest BCUT2D eigenvalue weighted by molar-refractivity contribution is 4.95. The molecule has 13 heavy (non-hydrogen) atoms. The van der Waals surface area contributed by atoms with Gasteiger partial charge in [0.15, 0.2) is 0 Å². The Kier molecular flexibility index (Phi) is 8.18. The molecule has 0 spiro atoms. The van der Waals surface area contributed by atoms with Gasteiger partial charge in [0.2, 0.25) is 0 Å². The topological polar surface area (TPSA) is 0 Å². The Labute approximate surface area is 84.4 Å². The Morgan fingerprint density at radius 2 is 1.85 bits per heavy atom. The lowest BCUT2D eigenvalue weighted by Gasteiger charge is -2.15. The smallest absolute Gasteiger partial charge is 0.0295 e. The van der Waals surface area contributed by atoms with Crippen LogP contribution in [0.15, 0.2) is 12.2 Å². The predicted molar refractivity (Wildman–Crippen MR) is 62.0 cm³/mol. The monoisotopic (exact) mass is 182 g/mol. The maximum absolute atomic E-state index is 4.14. The molecular weight excluding hydrogens is 156 g/mol. The van der Waals surface area contributed by atoms with Crippen LogP contribution in [0.1, 0.15) is 65.7 Å². The van der Waals surface area contributed by atoms with Crippen LogP contribution in [-0.4, -0.2) is 0 Å². The van der Waals surface area contributed by atoms with Gasteiger partial charge in [0.25, 0.3) is 0 Å². The molecule has 78 valence electrons. The number of allylic oxidation sites excluding steroid dienone is 1.